The van der Waals surface area contributed by atoms with E-state index in [0.29, 0.717) is 24.7 Å². The molecule has 25 heavy (non-hydrogen) atoms. The van der Waals surface area contributed by atoms with Crippen molar-refractivity contribution in [1.82, 2.24) is 15.5 Å². The van der Waals surface area contributed by atoms with Gasteiger partial charge in [0.15, 0.2) is 0 Å². The second-order valence-corrected chi connectivity index (χ2v) is 6.77. The molecule has 3 amide bonds. The zero-order valence-electron chi connectivity index (χ0n) is 15.0. The number of benzene rings is 1. The molecule has 0 aliphatic carbocycles. The highest BCUT2D eigenvalue weighted by Crippen LogP contribution is 2.22. The number of carbonyl (C=O) groups is 2. The normalized spacial score (nSPS) is 18.8. The first-order chi connectivity index (χ1) is 12.2. The summed E-state index contributed by atoms with van der Waals surface area (Å²) in [6, 6.07) is 7.71. The van der Waals surface area contributed by atoms with Crippen molar-refractivity contribution in [1.29, 1.82) is 0 Å². The van der Waals surface area contributed by atoms with Crippen LogP contribution in [0.2, 0.25) is 0 Å². The average Bonchev–Trinajstić information content (AvgIpc) is 2.67. The maximum Gasteiger partial charge on any atom is 0.321 e. The maximum atomic E-state index is 13.1. The molecule has 2 N–H and O–H groups in total. The van der Waals surface area contributed by atoms with Crippen LogP contribution in [0.3, 0.4) is 0 Å². The van der Waals surface area contributed by atoms with Gasteiger partial charge in [-0.1, -0.05) is 13.0 Å². The van der Waals surface area contributed by atoms with E-state index in [-0.39, 0.29) is 11.9 Å². The average molecular weight is 344 g/mol. The van der Waals surface area contributed by atoms with Gasteiger partial charge in [-0.2, -0.15) is 0 Å². The molecule has 1 aromatic carbocycles. The number of hydrogen-bond acceptors (Lipinski definition) is 3. The van der Waals surface area contributed by atoms with Crippen LogP contribution < -0.4 is 15.5 Å². The van der Waals surface area contributed by atoms with E-state index in [1.54, 1.807) is 4.90 Å². The molecule has 0 aromatic heterocycles. The van der Waals surface area contributed by atoms with Gasteiger partial charge in [0.1, 0.15) is 0 Å². The number of anilines is 1. The van der Waals surface area contributed by atoms with Gasteiger partial charge in [0.25, 0.3) is 5.91 Å². The second kappa shape index (κ2) is 8.34. The Morgan fingerprint density at radius 3 is 2.80 bits per heavy atom. The van der Waals surface area contributed by atoms with Crippen molar-refractivity contribution in [2.75, 3.05) is 37.6 Å². The summed E-state index contributed by atoms with van der Waals surface area (Å²) in [5.41, 5.74) is 1.47. The quantitative estimate of drug-likeness (QED) is 0.861. The van der Waals surface area contributed by atoms with E-state index < -0.39 is 0 Å². The van der Waals surface area contributed by atoms with Crippen LogP contribution in [0.15, 0.2) is 24.3 Å². The van der Waals surface area contributed by atoms with Crippen molar-refractivity contribution in [2.45, 2.75) is 38.6 Å². The Labute approximate surface area is 149 Å². The summed E-state index contributed by atoms with van der Waals surface area (Å²) in [6.07, 6.45) is 3.87. The first-order valence-corrected chi connectivity index (χ1v) is 9.38. The molecule has 136 valence electrons. The summed E-state index contributed by atoms with van der Waals surface area (Å²) in [5, 5.41) is 6.22. The van der Waals surface area contributed by atoms with E-state index in [1.165, 1.54) is 0 Å². The monoisotopic (exact) mass is 344 g/mol. The third-order valence-corrected chi connectivity index (χ3v) is 4.96. The second-order valence-electron chi connectivity index (χ2n) is 6.77. The Kier molecular flexibility index (Phi) is 5.91. The van der Waals surface area contributed by atoms with E-state index >= 15 is 0 Å². The lowest BCUT2D eigenvalue weighted by Crippen LogP contribution is -2.47. The van der Waals surface area contributed by atoms with Crippen LogP contribution >= 0.6 is 0 Å². The Balaban J connectivity index is 1.80. The molecule has 1 aromatic rings. The molecule has 2 aliphatic heterocycles. The third kappa shape index (κ3) is 4.12. The highest BCUT2D eigenvalue weighted by molar-refractivity contribution is 5.98. The van der Waals surface area contributed by atoms with Crippen LogP contribution in [0, 0.1) is 0 Å². The molecule has 2 fully saturated rings. The van der Waals surface area contributed by atoms with Crippen molar-refractivity contribution in [3.05, 3.63) is 29.8 Å². The highest BCUT2D eigenvalue weighted by atomic mass is 16.2. The number of amides is 3. The molecule has 6 heteroatoms. The van der Waals surface area contributed by atoms with Crippen molar-refractivity contribution < 1.29 is 9.59 Å². The molecular weight excluding hydrogens is 316 g/mol. The van der Waals surface area contributed by atoms with E-state index in [9.17, 15) is 9.59 Å². The molecule has 0 spiro atoms. The minimum atomic E-state index is -0.0837. The molecular formula is C19H28N4O2. The molecule has 0 radical (unpaired) electrons. The smallest absolute Gasteiger partial charge is 0.321 e. The molecule has 3 rings (SSSR count). The largest absolute Gasteiger partial charge is 0.338 e. The Bertz CT molecular complexity index is 613. The third-order valence-electron chi connectivity index (χ3n) is 4.96. The highest BCUT2D eigenvalue weighted by Gasteiger charge is 2.26. The minimum absolute atomic E-state index is 0.0769. The number of nitrogens with zero attached hydrogens (tertiary/aromatic N) is 2. The van der Waals surface area contributed by atoms with E-state index in [4.69, 9.17) is 0 Å². The van der Waals surface area contributed by atoms with Gasteiger partial charge in [-0.3, -0.25) is 9.69 Å². The first-order valence-electron chi connectivity index (χ1n) is 9.38. The van der Waals surface area contributed by atoms with Gasteiger partial charge in [-0.15, -0.1) is 0 Å². The van der Waals surface area contributed by atoms with E-state index in [0.717, 1.165) is 51.0 Å². The number of hydrogen-bond donors (Lipinski definition) is 2. The van der Waals surface area contributed by atoms with Crippen molar-refractivity contribution in [2.24, 2.45) is 0 Å². The number of carbonyl (C=O) groups excluding carboxylic acids is 2. The number of urea groups is 1. The summed E-state index contributed by atoms with van der Waals surface area (Å²) in [7, 11) is 0. The molecule has 2 saturated heterocycles. The van der Waals surface area contributed by atoms with Gasteiger partial charge in [0, 0.05) is 36.9 Å². The van der Waals surface area contributed by atoms with E-state index in [2.05, 4.69) is 17.6 Å². The number of nitrogens with one attached hydrogen (secondary N) is 2. The summed E-state index contributed by atoms with van der Waals surface area (Å²) in [6.45, 7) is 6.22. The number of piperidine rings is 1. The Morgan fingerprint density at radius 1 is 1.28 bits per heavy atom. The molecule has 2 heterocycles. The van der Waals surface area contributed by atoms with Gasteiger partial charge < -0.3 is 15.5 Å². The van der Waals surface area contributed by atoms with Crippen LogP contribution in [0.5, 0.6) is 0 Å². The molecule has 0 bridgehead atoms. The summed E-state index contributed by atoms with van der Waals surface area (Å²) in [5.74, 6) is 0.0769. The van der Waals surface area contributed by atoms with Crippen molar-refractivity contribution >= 4 is 17.6 Å². The Morgan fingerprint density at radius 2 is 2.08 bits per heavy atom. The molecule has 6 nitrogen and oxygen atoms in total. The summed E-state index contributed by atoms with van der Waals surface area (Å²) < 4.78 is 0. The van der Waals surface area contributed by atoms with Gasteiger partial charge >= 0.3 is 6.03 Å². The summed E-state index contributed by atoms with van der Waals surface area (Å²) in [4.78, 5) is 29.0. The fourth-order valence-electron chi connectivity index (χ4n) is 3.66. The van der Waals surface area contributed by atoms with Crippen LogP contribution in [0.1, 0.15) is 43.0 Å². The molecule has 0 atom stereocenters. The zero-order chi connectivity index (χ0) is 17.6. The lowest BCUT2D eigenvalue weighted by molar-refractivity contribution is 0.0642. The van der Waals surface area contributed by atoms with Crippen molar-refractivity contribution in [3.8, 4) is 0 Å². The number of rotatable bonds is 5. The molecule has 0 unspecified atom stereocenters. The first kappa shape index (κ1) is 17.7. The van der Waals surface area contributed by atoms with E-state index in [1.807, 2.05) is 29.2 Å². The lowest BCUT2D eigenvalue weighted by atomic mass is 10.0. The van der Waals surface area contributed by atoms with Crippen LogP contribution in [0.25, 0.3) is 0 Å². The van der Waals surface area contributed by atoms with Crippen LogP contribution in [-0.2, 0) is 0 Å². The summed E-state index contributed by atoms with van der Waals surface area (Å²) >= 11 is 0. The van der Waals surface area contributed by atoms with Gasteiger partial charge in [0.2, 0.25) is 0 Å². The fraction of sp³-hybridized carbons (Fsp3) is 0.579. The maximum absolute atomic E-state index is 13.1. The van der Waals surface area contributed by atoms with Gasteiger partial charge in [-0.05, 0) is 57.0 Å². The predicted molar refractivity (Wildman–Crippen MR) is 99.0 cm³/mol. The standard InChI is InChI=1S/C19H28N4O2/c1-2-12-22(16-7-10-20-11-8-16)18(24)15-5-3-6-17(14-15)23-13-4-9-21-19(23)25/h3,5-6,14,16,20H,2,4,7-13H2,1H3,(H,21,25). The SMILES string of the molecule is CCCN(C(=O)c1cccc(N2CCCNC2=O)c1)C1CCNCC1. The Hall–Kier alpha value is -2.08. The van der Waals surface area contributed by atoms with Gasteiger partial charge in [-0.25, -0.2) is 4.79 Å². The predicted octanol–water partition coefficient (Wildman–Crippen LogP) is 2.21. The molecule has 0 saturated carbocycles. The van der Waals surface area contributed by atoms with Crippen LogP contribution in [-0.4, -0.2) is 55.6 Å². The van der Waals surface area contributed by atoms with Gasteiger partial charge in [0.05, 0.1) is 0 Å². The molecule has 2 aliphatic rings. The topological polar surface area (TPSA) is 64.7 Å². The lowest BCUT2D eigenvalue weighted by Gasteiger charge is -2.35. The fourth-order valence-corrected chi connectivity index (χ4v) is 3.66. The van der Waals surface area contributed by atoms with Crippen molar-refractivity contribution in [3.63, 3.8) is 0 Å². The minimum Gasteiger partial charge on any atom is -0.338 e. The van der Waals surface area contributed by atoms with Crippen LogP contribution in [0.4, 0.5) is 10.5 Å². The zero-order valence-corrected chi connectivity index (χ0v) is 15.0.